The molecule has 1 aromatic carbocycles. The van der Waals surface area contributed by atoms with E-state index in [0.717, 1.165) is 37.5 Å². The van der Waals surface area contributed by atoms with Gasteiger partial charge in [-0.15, -0.1) is 0 Å². The van der Waals surface area contributed by atoms with Crippen LogP contribution >= 0.6 is 11.6 Å². The largest absolute Gasteiger partial charge is 0.444 e. The Morgan fingerprint density at radius 3 is 2.48 bits per heavy atom. The van der Waals surface area contributed by atoms with Crippen LogP contribution in [0.25, 0.3) is 0 Å². The van der Waals surface area contributed by atoms with Gasteiger partial charge >= 0.3 is 6.09 Å². The quantitative estimate of drug-likeness (QED) is 0.253. The zero-order valence-corrected chi connectivity index (χ0v) is 26.9. The summed E-state index contributed by atoms with van der Waals surface area (Å²) in [5.41, 5.74) is -0.597. The fourth-order valence-corrected chi connectivity index (χ4v) is 6.29. The van der Waals surface area contributed by atoms with Crippen LogP contribution in [0.3, 0.4) is 0 Å². The molecule has 1 unspecified atom stereocenters. The average Bonchev–Trinajstić information content (AvgIpc) is 2.87. The van der Waals surface area contributed by atoms with Crippen LogP contribution in [0.4, 0.5) is 9.18 Å². The second-order valence-corrected chi connectivity index (χ2v) is 14.2. The molecule has 0 aromatic heterocycles. The SMILES string of the molecule is CC(C)C[C@H](NC(=O)CCC1CCCCN1C(=O)OC(C)(C)C)C(=O)NCCCCNS(=O)(=O)c1ccc(F)cc1Cl. The molecule has 3 amide bonds. The monoisotopic (exact) mass is 632 g/mol. The molecule has 1 heterocycles. The molecule has 1 aromatic rings. The summed E-state index contributed by atoms with van der Waals surface area (Å²) in [6.45, 7) is 10.4. The number of sulfonamides is 1. The summed E-state index contributed by atoms with van der Waals surface area (Å²) >= 11 is 5.85. The van der Waals surface area contributed by atoms with Gasteiger partial charge in [-0.05, 0) is 89.8 Å². The molecule has 2 rings (SSSR count). The van der Waals surface area contributed by atoms with E-state index in [4.69, 9.17) is 16.3 Å². The van der Waals surface area contributed by atoms with E-state index >= 15 is 0 Å². The summed E-state index contributed by atoms with van der Waals surface area (Å²) in [5.74, 6) is -1.02. The van der Waals surface area contributed by atoms with Crippen molar-refractivity contribution in [2.75, 3.05) is 19.6 Å². The van der Waals surface area contributed by atoms with Crippen LogP contribution in [0.1, 0.15) is 86.0 Å². The maximum atomic E-state index is 13.2. The topological polar surface area (TPSA) is 134 Å². The first-order valence-electron chi connectivity index (χ1n) is 14.6. The van der Waals surface area contributed by atoms with Gasteiger partial charge in [0.1, 0.15) is 22.4 Å². The van der Waals surface area contributed by atoms with Crippen LogP contribution in [0.15, 0.2) is 23.1 Å². The Morgan fingerprint density at radius 1 is 1.14 bits per heavy atom. The zero-order chi connectivity index (χ0) is 31.5. The lowest BCUT2D eigenvalue weighted by molar-refractivity contribution is -0.129. The number of hydrogen-bond acceptors (Lipinski definition) is 6. The van der Waals surface area contributed by atoms with Crippen molar-refractivity contribution < 1.29 is 31.9 Å². The fourth-order valence-electron chi connectivity index (χ4n) is 4.69. The third kappa shape index (κ3) is 12.4. The number of unbranched alkanes of at least 4 members (excludes halogenated alkanes) is 1. The van der Waals surface area contributed by atoms with Crippen molar-refractivity contribution in [1.82, 2.24) is 20.3 Å². The van der Waals surface area contributed by atoms with E-state index in [2.05, 4.69) is 15.4 Å². The second-order valence-electron chi connectivity index (χ2n) is 12.1. The van der Waals surface area contributed by atoms with E-state index in [9.17, 15) is 27.2 Å². The minimum atomic E-state index is -3.89. The van der Waals surface area contributed by atoms with Crippen molar-refractivity contribution in [2.24, 2.45) is 5.92 Å². The first-order valence-corrected chi connectivity index (χ1v) is 16.5. The lowest BCUT2D eigenvalue weighted by Crippen LogP contribution is -2.49. The number of nitrogens with zero attached hydrogens (tertiary/aromatic N) is 1. The number of amides is 3. The van der Waals surface area contributed by atoms with Crippen LogP contribution in [-0.2, 0) is 24.3 Å². The summed E-state index contributed by atoms with van der Waals surface area (Å²) in [6.07, 6.45) is 4.38. The van der Waals surface area contributed by atoms with E-state index in [1.807, 2.05) is 34.6 Å². The Labute approximate surface area is 254 Å². The molecule has 13 heteroatoms. The Kier molecular flexibility index (Phi) is 14.0. The molecule has 1 fully saturated rings. The number of halogens is 2. The molecule has 1 aliphatic rings. The smallest absolute Gasteiger partial charge is 0.410 e. The minimum absolute atomic E-state index is 0.0896. The number of carbonyl (C=O) groups is 3. The fraction of sp³-hybridized carbons (Fsp3) is 0.690. The van der Waals surface area contributed by atoms with Gasteiger partial charge in [0.2, 0.25) is 21.8 Å². The Morgan fingerprint density at radius 2 is 1.83 bits per heavy atom. The highest BCUT2D eigenvalue weighted by Gasteiger charge is 2.31. The third-order valence-electron chi connectivity index (χ3n) is 6.70. The molecule has 0 spiro atoms. The first kappa shape index (κ1) is 35.8. The molecule has 2 atom stereocenters. The van der Waals surface area contributed by atoms with E-state index in [-0.39, 0.29) is 52.8 Å². The van der Waals surface area contributed by atoms with Crippen molar-refractivity contribution >= 4 is 39.5 Å². The van der Waals surface area contributed by atoms with E-state index in [1.165, 1.54) is 0 Å². The first-order chi connectivity index (χ1) is 19.6. The molecule has 3 N–H and O–H groups in total. The normalized spacial score (nSPS) is 16.7. The van der Waals surface area contributed by atoms with Crippen molar-refractivity contribution in [3.05, 3.63) is 29.0 Å². The van der Waals surface area contributed by atoms with Crippen molar-refractivity contribution in [1.29, 1.82) is 0 Å². The predicted octanol–water partition coefficient (Wildman–Crippen LogP) is 4.75. The molecule has 0 aliphatic carbocycles. The molecule has 0 radical (unpaired) electrons. The van der Waals surface area contributed by atoms with E-state index in [1.54, 1.807) is 4.90 Å². The van der Waals surface area contributed by atoms with Crippen molar-refractivity contribution in [3.63, 3.8) is 0 Å². The van der Waals surface area contributed by atoms with Crippen LogP contribution in [0.5, 0.6) is 0 Å². The molecular formula is C29H46ClFN4O6S. The molecular weight excluding hydrogens is 587 g/mol. The third-order valence-corrected chi connectivity index (χ3v) is 8.64. The van der Waals surface area contributed by atoms with Gasteiger partial charge in [0.25, 0.3) is 0 Å². The molecule has 1 saturated heterocycles. The molecule has 42 heavy (non-hydrogen) atoms. The number of carbonyl (C=O) groups excluding carboxylic acids is 3. The molecule has 1 aliphatic heterocycles. The number of benzene rings is 1. The summed E-state index contributed by atoms with van der Waals surface area (Å²) < 4.78 is 46.0. The van der Waals surface area contributed by atoms with Gasteiger partial charge in [-0.2, -0.15) is 0 Å². The number of nitrogens with one attached hydrogen (secondary N) is 3. The van der Waals surface area contributed by atoms with Crippen molar-refractivity contribution in [2.45, 2.75) is 109 Å². The second kappa shape index (κ2) is 16.4. The van der Waals surface area contributed by atoms with Crippen LogP contribution in [0, 0.1) is 11.7 Å². The highest BCUT2D eigenvalue weighted by atomic mass is 35.5. The zero-order valence-electron chi connectivity index (χ0n) is 25.3. The highest BCUT2D eigenvalue weighted by Crippen LogP contribution is 2.24. The summed E-state index contributed by atoms with van der Waals surface area (Å²) in [4.78, 5) is 39.9. The van der Waals surface area contributed by atoms with Gasteiger partial charge < -0.3 is 20.3 Å². The maximum Gasteiger partial charge on any atom is 0.410 e. The van der Waals surface area contributed by atoms with Crippen LogP contribution < -0.4 is 15.4 Å². The summed E-state index contributed by atoms with van der Waals surface area (Å²) in [7, 11) is -3.89. The van der Waals surface area contributed by atoms with Gasteiger partial charge in [0.15, 0.2) is 0 Å². The molecule has 10 nitrogen and oxygen atoms in total. The van der Waals surface area contributed by atoms with Gasteiger partial charge in [0, 0.05) is 32.1 Å². The van der Waals surface area contributed by atoms with Gasteiger partial charge in [-0.1, -0.05) is 25.4 Å². The maximum absolute atomic E-state index is 13.2. The van der Waals surface area contributed by atoms with E-state index in [0.29, 0.717) is 38.8 Å². The summed E-state index contributed by atoms with van der Waals surface area (Å²) in [5, 5.41) is 5.48. The van der Waals surface area contributed by atoms with Crippen molar-refractivity contribution in [3.8, 4) is 0 Å². The molecule has 238 valence electrons. The lowest BCUT2D eigenvalue weighted by Gasteiger charge is -2.36. The summed E-state index contributed by atoms with van der Waals surface area (Å²) in [6, 6.07) is 2.28. The van der Waals surface area contributed by atoms with Gasteiger partial charge in [-0.25, -0.2) is 22.3 Å². The van der Waals surface area contributed by atoms with Gasteiger partial charge in [-0.3, -0.25) is 9.59 Å². The number of hydrogen-bond donors (Lipinski definition) is 3. The van der Waals surface area contributed by atoms with Crippen LogP contribution in [0.2, 0.25) is 5.02 Å². The Balaban J connectivity index is 1.80. The lowest BCUT2D eigenvalue weighted by atomic mass is 9.97. The van der Waals surface area contributed by atoms with Gasteiger partial charge in [0.05, 0.1) is 5.02 Å². The highest BCUT2D eigenvalue weighted by molar-refractivity contribution is 7.89. The number of rotatable bonds is 14. The average molecular weight is 633 g/mol. The minimum Gasteiger partial charge on any atom is -0.444 e. The number of piperidine rings is 1. The molecule has 0 bridgehead atoms. The van der Waals surface area contributed by atoms with Crippen LogP contribution in [-0.4, -0.2) is 68.5 Å². The van der Waals surface area contributed by atoms with E-state index < -0.39 is 27.5 Å². The Hall–Kier alpha value is -2.44. The number of ether oxygens (including phenoxy) is 1. The standard InChI is InChI=1S/C29H46ClFN4O6S/c1-20(2)18-24(34-26(36)14-12-22-10-6-9-17-35(22)28(38)41-29(3,4)5)27(37)32-15-7-8-16-33-42(39,40)25-13-11-21(31)19-23(25)30/h11,13,19-20,22,24,33H,6-10,12,14-18H2,1-5H3,(H,32,37)(H,34,36)/t22?,24-/m0/s1. The number of likely N-dealkylation sites (tertiary alicyclic amines) is 1. The molecule has 0 saturated carbocycles. The predicted molar refractivity (Wildman–Crippen MR) is 160 cm³/mol. The Bertz CT molecular complexity index is 1180.